The van der Waals surface area contributed by atoms with Crippen molar-refractivity contribution >= 4 is 17.6 Å². The highest BCUT2D eigenvalue weighted by atomic mass is 16.6. The summed E-state index contributed by atoms with van der Waals surface area (Å²) in [7, 11) is 4.57. The lowest BCUT2D eigenvalue weighted by Crippen LogP contribution is -2.23. The molecule has 0 saturated heterocycles. The summed E-state index contributed by atoms with van der Waals surface area (Å²) in [6.07, 6.45) is 0. The maximum Gasteiger partial charge on any atom is 0.344 e. The summed E-state index contributed by atoms with van der Waals surface area (Å²) in [4.78, 5) is 23.6. The van der Waals surface area contributed by atoms with E-state index in [2.05, 4.69) is 5.32 Å². The van der Waals surface area contributed by atoms with Crippen LogP contribution in [0, 0.1) is 0 Å². The molecular formula is C19H21NO7. The minimum atomic E-state index is -0.663. The maximum absolute atomic E-state index is 11.9. The van der Waals surface area contributed by atoms with Gasteiger partial charge in [0.15, 0.2) is 13.2 Å². The molecule has 0 aliphatic rings. The van der Waals surface area contributed by atoms with Gasteiger partial charge in [-0.3, -0.25) is 4.79 Å². The number of hydrogen-bond donors (Lipinski definition) is 1. The number of ether oxygens (including phenoxy) is 5. The molecule has 0 aromatic heterocycles. The first-order chi connectivity index (χ1) is 13.0. The van der Waals surface area contributed by atoms with Crippen LogP contribution in [0.4, 0.5) is 5.69 Å². The van der Waals surface area contributed by atoms with Crippen LogP contribution in [0.15, 0.2) is 42.5 Å². The molecule has 0 unspecified atom stereocenters. The third-order valence-electron chi connectivity index (χ3n) is 3.42. The summed E-state index contributed by atoms with van der Waals surface area (Å²) in [5, 5.41) is 2.60. The largest absolute Gasteiger partial charge is 0.497 e. The number of carbonyl (C=O) groups is 2. The Morgan fingerprint density at radius 2 is 1.33 bits per heavy atom. The zero-order valence-electron chi connectivity index (χ0n) is 15.3. The minimum absolute atomic E-state index is 0.313. The van der Waals surface area contributed by atoms with Crippen LogP contribution in [-0.4, -0.2) is 46.4 Å². The van der Waals surface area contributed by atoms with Gasteiger partial charge in [0, 0.05) is 23.9 Å². The van der Waals surface area contributed by atoms with Gasteiger partial charge in [-0.1, -0.05) is 0 Å². The van der Waals surface area contributed by atoms with E-state index in [1.54, 1.807) is 49.6 Å². The molecule has 0 aliphatic carbocycles. The number of rotatable bonds is 9. The molecule has 144 valence electrons. The Labute approximate surface area is 156 Å². The molecule has 1 amide bonds. The van der Waals surface area contributed by atoms with Crippen molar-refractivity contribution in [3.8, 4) is 23.0 Å². The average Bonchev–Trinajstić information content (AvgIpc) is 2.70. The normalized spacial score (nSPS) is 9.89. The first-order valence-corrected chi connectivity index (χ1v) is 7.99. The molecule has 2 rings (SSSR count). The number of hydrogen-bond acceptors (Lipinski definition) is 7. The fraction of sp³-hybridized carbons (Fsp3) is 0.263. The van der Waals surface area contributed by atoms with Crippen LogP contribution in [0.3, 0.4) is 0 Å². The summed E-state index contributed by atoms with van der Waals surface area (Å²) in [5.74, 6) is 1.05. The molecule has 2 aromatic rings. The van der Waals surface area contributed by atoms with Crippen LogP contribution in [-0.2, 0) is 14.3 Å². The Hall–Kier alpha value is -3.42. The van der Waals surface area contributed by atoms with Gasteiger partial charge in [-0.15, -0.1) is 0 Å². The molecule has 27 heavy (non-hydrogen) atoms. The highest BCUT2D eigenvalue weighted by Crippen LogP contribution is 2.25. The molecule has 0 saturated carbocycles. The van der Waals surface area contributed by atoms with Crippen molar-refractivity contribution in [2.45, 2.75) is 0 Å². The molecule has 0 fully saturated rings. The Morgan fingerprint density at radius 3 is 1.89 bits per heavy atom. The fourth-order valence-corrected chi connectivity index (χ4v) is 2.08. The lowest BCUT2D eigenvalue weighted by atomic mass is 10.2. The van der Waals surface area contributed by atoms with Gasteiger partial charge in [0.05, 0.1) is 21.3 Å². The SMILES string of the molecule is COc1ccc(OCC(=O)OCC(=O)Nc2cc(OC)cc(OC)c2)cc1. The van der Waals surface area contributed by atoms with Crippen LogP contribution in [0.25, 0.3) is 0 Å². The Balaban J connectivity index is 1.78. The second-order valence-electron chi connectivity index (χ2n) is 5.27. The molecule has 8 heteroatoms. The number of amides is 1. The smallest absolute Gasteiger partial charge is 0.344 e. The van der Waals surface area contributed by atoms with Crippen molar-refractivity contribution in [3.63, 3.8) is 0 Å². The van der Waals surface area contributed by atoms with E-state index in [0.29, 0.717) is 28.7 Å². The molecule has 2 aromatic carbocycles. The van der Waals surface area contributed by atoms with E-state index >= 15 is 0 Å². The van der Waals surface area contributed by atoms with E-state index in [9.17, 15) is 9.59 Å². The number of anilines is 1. The molecule has 0 atom stereocenters. The topological polar surface area (TPSA) is 92.3 Å². The van der Waals surface area contributed by atoms with Crippen molar-refractivity contribution in [2.75, 3.05) is 39.9 Å². The van der Waals surface area contributed by atoms with Gasteiger partial charge >= 0.3 is 5.97 Å². The fourth-order valence-electron chi connectivity index (χ4n) is 2.08. The summed E-state index contributed by atoms with van der Waals surface area (Å²) in [5.41, 5.74) is 0.460. The van der Waals surface area contributed by atoms with Gasteiger partial charge in [0.25, 0.3) is 5.91 Å². The van der Waals surface area contributed by atoms with E-state index in [-0.39, 0.29) is 6.61 Å². The van der Waals surface area contributed by atoms with E-state index in [1.165, 1.54) is 14.2 Å². The summed E-state index contributed by atoms with van der Waals surface area (Å²) >= 11 is 0. The van der Waals surface area contributed by atoms with Crippen LogP contribution in [0.5, 0.6) is 23.0 Å². The van der Waals surface area contributed by atoms with Crippen molar-refractivity contribution in [1.82, 2.24) is 0 Å². The second-order valence-corrected chi connectivity index (χ2v) is 5.27. The minimum Gasteiger partial charge on any atom is -0.497 e. The van der Waals surface area contributed by atoms with Gasteiger partial charge in [-0.2, -0.15) is 0 Å². The van der Waals surface area contributed by atoms with Crippen LogP contribution < -0.4 is 24.3 Å². The third-order valence-corrected chi connectivity index (χ3v) is 3.42. The summed E-state index contributed by atoms with van der Waals surface area (Å²) in [6.45, 7) is -0.753. The van der Waals surface area contributed by atoms with Gasteiger partial charge in [-0.05, 0) is 24.3 Å². The van der Waals surface area contributed by atoms with Crippen molar-refractivity contribution in [1.29, 1.82) is 0 Å². The van der Waals surface area contributed by atoms with Crippen molar-refractivity contribution < 1.29 is 33.3 Å². The molecule has 0 bridgehead atoms. The monoisotopic (exact) mass is 375 g/mol. The van der Waals surface area contributed by atoms with E-state index in [4.69, 9.17) is 23.7 Å². The van der Waals surface area contributed by atoms with Crippen LogP contribution >= 0.6 is 0 Å². The van der Waals surface area contributed by atoms with Crippen molar-refractivity contribution in [2.24, 2.45) is 0 Å². The molecule has 0 heterocycles. The Bertz CT molecular complexity index is 752. The van der Waals surface area contributed by atoms with Gasteiger partial charge in [-0.25, -0.2) is 4.79 Å². The zero-order valence-corrected chi connectivity index (χ0v) is 15.3. The van der Waals surface area contributed by atoms with E-state index in [0.717, 1.165) is 0 Å². The number of esters is 1. The predicted molar refractivity (Wildman–Crippen MR) is 97.6 cm³/mol. The quantitative estimate of drug-likeness (QED) is 0.672. The maximum atomic E-state index is 11.9. The number of methoxy groups -OCH3 is 3. The van der Waals surface area contributed by atoms with E-state index in [1.807, 2.05) is 0 Å². The third kappa shape index (κ3) is 6.43. The van der Waals surface area contributed by atoms with Gasteiger partial charge in [0.2, 0.25) is 0 Å². The highest BCUT2D eigenvalue weighted by Gasteiger charge is 2.10. The Kier molecular flexibility index (Phi) is 7.30. The predicted octanol–water partition coefficient (Wildman–Crippen LogP) is 2.27. The van der Waals surface area contributed by atoms with Crippen LogP contribution in [0.2, 0.25) is 0 Å². The summed E-state index contributed by atoms with van der Waals surface area (Å²) < 4.78 is 25.5. The molecule has 1 N–H and O–H groups in total. The molecular weight excluding hydrogens is 354 g/mol. The second kappa shape index (κ2) is 9.91. The number of carbonyl (C=O) groups excluding carboxylic acids is 2. The van der Waals surface area contributed by atoms with Gasteiger partial charge in [0.1, 0.15) is 23.0 Å². The first-order valence-electron chi connectivity index (χ1n) is 7.99. The Morgan fingerprint density at radius 1 is 0.778 bits per heavy atom. The lowest BCUT2D eigenvalue weighted by Gasteiger charge is -2.10. The lowest BCUT2D eigenvalue weighted by molar-refractivity contribution is -0.149. The van der Waals surface area contributed by atoms with Crippen molar-refractivity contribution in [3.05, 3.63) is 42.5 Å². The number of nitrogens with one attached hydrogen (secondary N) is 1. The number of benzene rings is 2. The van der Waals surface area contributed by atoms with Crippen LogP contribution in [0.1, 0.15) is 0 Å². The van der Waals surface area contributed by atoms with Gasteiger partial charge < -0.3 is 29.0 Å². The molecule has 0 aliphatic heterocycles. The average molecular weight is 375 g/mol. The molecule has 0 spiro atoms. The highest BCUT2D eigenvalue weighted by molar-refractivity contribution is 5.93. The van der Waals surface area contributed by atoms with E-state index < -0.39 is 18.5 Å². The first kappa shape index (κ1) is 19.9. The standard InChI is InChI=1S/C19H21NO7/c1-23-14-4-6-15(7-5-14)26-12-19(22)27-11-18(21)20-13-8-16(24-2)10-17(9-13)25-3/h4-10H,11-12H2,1-3H3,(H,20,21). The molecule has 8 nitrogen and oxygen atoms in total. The zero-order chi connectivity index (χ0) is 19.6. The summed E-state index contributed by atoms with van der Waals surface area (Å²) in [6, 6.07) is 11.6. The molecule has 0 radical (unpaired) electrons.